The van der Waals surface area contributed by atoms with E-state index in [1.54, 1.807) is 0 Å². The number of ether oxygens (including phenoxy) is 2. The highest BCUT2D eigenvalue weighted by Gasteiger charge is 2.17. The minimum absolute atomic E-state index is 0. The van der Waals surface area contributed by atoms with Crippen molar-refractivity contribution >= 4 is 36.4 Å². The average Bonchev–Trinajstić information content (AvgIpc) is 2.61. The molecule has 0 radical (unpaired) electrons. The Kier molecular flexibility index (Phi) is 13.5. The van der Waals surface area contributed by atoms with Crippen molar-refractivity contribution in [3.8, 4) is 5.75 Å². The third-order valence-corrected chi connectivity index (χ3v) is 4.15. The first-order valence-electron chi connectivity index (χ1n) is 8.78. The lowest BCUT2D eigenvalue weighted by Crippen LogP contribution is -2.43. The van der Waals surface area contributed by atoms with Gasteiger partial charge < -0.3 is 25.0 Å². The first-order valence-corrected chi connectivity index (χ1v) is 8.78. The molecule has 1 aliphatic heterocycles. The molecule has 8 heteroatoms. The Hall–Kier alpha value is -1.05. The second-order valence-corrected chi connectivity index (χ2v) is 5.85. The molecule has 1 amide bonds. The topological polar surface area (TPSA) is 62.8 Å². The van der Waals surface area contributed by atoms with Gasteiger partial charge in [0.2, 0.25) is 5.91 Å². The van der Waals surface area contributed by atoms with Gasteiger partial charge in [-0.25, -0.2) is 0 Å². The van der Waals surface area contributed by atoms with Gasteiger partial charge in [0.15, 0.2) is 0 Å². The van der Waals surface area contributed by atoms with Gasteiger partial charge >= 0.3 is 0 Å². The summed E-state index contributed by atoms with van der Waals surface area (Å²) in [6.07, 6.45) is 0.397. The van der Waals surface area contributed by atoms with E-state index in [9.17, 15) is 4.79 Å². The minimum Gasteiger partial charge on any atom is -0.490 e. The highest BCUT2D eigenvalue weighted by molar-refractivity contribution is 5.92. The fourth-order valence-electron chi connectivity index (χ4n) is 2.70. The van der Waals surface area contributed by atoms with Crippen molar-refractivity contribution in [1.29, 1.82) is 0 Å². The summed E-state index contributed by atoms with van der Waals surface area (Å²) in [7, 11) is 0. The van der Waals surface area contributed by atoms with Crippen LogP contribution in [0, 0.1) is 0 Å². The highest BCUT2D eigenvalue weighted by atomic mass is 35.5. The molecule has 150 valence electrons. The lowest BCUT2D eigenvalue weighted by Gasteiger charge is -2.23. The van der Waals surface area contributed by atoms with E-state index in [2.05, 4.69) is 29.4 Å². The number of carbonyl (C=O) groups excluding carboxylic acids is 1. The number of carbonyl (C=O) groups is 1. The van der Waals surface area contributed by atoms with E-state index in [1.807, 2.05) is 24.3 Å². The number of hydrogen-bond donors (Lipinski definition) is 2. The van der Waals surface area contributed by atoms with Gasteiger partial charge in [-0.05, 0) is 25.2 Å². The molecule has 1 unspecified atom stereocenters. The molecule has 26 heavy (non-hydrogen) atoms. The first kappa shape index (κ1) is 24.9. The Labute approximate surface area is 168 Å². The summed E-state index contributed by atoms with van der Waals surface area (Å²) in [5.74, 6) is 0.684. The summed E-state index contributed by atoms with van der Waals surface area (Å²) in [6.45, 7) is 9.86. The molecule has 0 aromatic heterocycles. The SMILES string of the molecule is CCN(CC)CCOc1ccccc1NC(=O)CC1COCCN1.Cl.Cl. The van der Waals surface area contributed by atoms with Crippen molar-refractivity contribution in [3.05, 3.63) is 24.3 Å². The Balaban J connectivity index is 0.00000312. The molecule has 0 bridgehead atoms. The molecule has 1 aliphatic rings. The maximum absolute atomic E-state index is 12.2. The van der Waals surface area contributed by atoms with E-state index < -0.39 is 0 Å². The number of morpholine rings is 1. The van der Waals surface area contributed by atoms with Crippen molar-refractivity contribution in [1.82, 2.24) is 10.2 Å². The number of hydrogen-bond acceptors (Lipinski definition) is 5. The predicted octanol–water partition coefficient (Wildman–Crippen LogP) is 2.57. The molecule has 1 aromatic carbocycles. The molecular formula is C18H31Cl2N3O3. The fraction of sp³-hybridized carbons (Fsp3) is 0.611. The van der Waals surface area contributed by atoms with Crippen molar-refractivity contribution in [3.63, 3.8) is 0 Å². The zero-order valence-electron chi connectivity index (χ0n) is 15.5. The second kappa shape index (κ2) is 14.1. The minimum atomic E-state index is -0.0298. The largest absolute Gasteiger partial charge is 0.490 e. The molecule has 1 heterocycles. The Morgan fingerprint density at radius 1 is 1.31 bits per heavy atom. The van der Waals surface area contributed by atoms with Crippen LogP contribution in [-0.2, 0) is 9.53 Å². The molecule has 2 N–H and O–H groups in total. The molecule has 0 spiro atoms. The van der Waals surface area contributed by atoms with Crippen molar-refractivity contribution in [2.45, 2.75) is 26.3 Å². The maximum Gasteiger partial charge on any atom is 0.226 e. The number of para-hydroxylation sites is 2. The van der Waals surface area contributed by atoms with Crippen LogP contribution in [0.3, 0.4) is 0 Å². The van der Waals surface area contributed by atoms with Crippen LogP contribution in [0.15, 0.2) is 24.3 Å². The quantitative estimate of drug-likeness (QED) is 0.658. The number of likely N-dealkylation sites (N-methyl/N-ethyl adjacent to an activating group) is 1. The molecule has 2 rings (SSSR count). The third-order valence-electron chi connectivity index (χ3n) is 4.15. The number of benzene rings is 1. The number of halogens is 2. The van der Waals surface area contributed by atoms with Gasteiger partial charge in [0, 0.05) is 25.6 Å². The molecule has 0 saturated carbocycles. The van der Waals surface area contributed by atoms with E-state index in [4.69, 9.17) is 9.47 Å². The van der Waals surface area contributed by atoms with Crippen LogP contribution in [-0.4, -0.2) is 62.8 Å². The van der Waals surface area contributed by atoms with Crippen LogP contribution in [0.5, 0.6) is 5.75 Å². The van der Waals surface area contributed by atoms with Gasteiger partial charge in [0.05, 0.1) is 18.9 Å². The van der Waals surface area contributed by atoms with Crippen molar-refractivity contribution < 1.29 is 14.3 Å². The molecule has 1 aromatic rings. The summed E-state index contributed by atoms with van der Waals surface area (Å²) in [5.41, 5.74) is 0.721. The van der Waals surface area contributed by atoms with E-state index in [1.165, 1.54) is 0 Å². The lowest BCUT2D eigenvalue weighted by atomic mass is 10.2. The smallest absolute Gasteiger partial charge is 0.226 e. The fourth-order valence-corrected chi connectivity index (χ4v) is 2.70. The number of amides is 1. The lowest BCUT2D eigenvalue weighted by molar-refractivity contribution is -0.117. The van der Waals surface area contributed by atoms with Crippen molar-refractivity contribution in [2.75, 3.05) is 51.3 Å². The molecule has 1 atom stereocenters. The van der Waals surface area contributed by atoms with E-state index in [0.717, 1.165) is 31.9 Å². The van der Waals surface area contributed by atoms with Crippen molar-refractivity contribution in [2.24, 2.45) is 0 Å². The molecule has 6 nitrogen and oxygen atoms in total. The Morgan fingerprint density at radius 3 is 2.69 bits per heavy atom. The first-order chi connectivity index (χ1) is 11.7. The van der Waals surface area contributed by atoms with Crippen LogP contribution in [0.4, 0.5) is 5.69 Å². The van der Waals surface area contributed by atoms with Gasteiger partial charge in [0.25, 0.3) is 0 Å². The van der Waals surface area contributed by atoms with E-state index >= 15 is 0 Å². The van der Waals surface area contributed by atoms with Crippen LogP contribution in [0.1, 0.15) is 20.3 Å². The number of nitrogens with zero attached hydrogens (tertiary/aromatic N) is 1. The van der Waals surface area contributed by atoms with E-state index in [0.29, 0.717) is 32.0 Å². The summed E-state index contributed by atoms with van der Waals surface area (Å²) >= 11 is 0. The van der Waals surface area contributed by atoms with Crippen LogP contribution >= 0.6 is 24.8 Å². The monoisotopic (exact) mass is 407 g/mol. The van der Waals surface area contributed by atoms with Gasteiger partial charge in [0.1, 0.15) is 12.4 Å². The standard InChI is InChI=1S/C18H29N3O3.2ClH/c1-3-21(4-2)10-12-24-17-8-6-5-7-16(17)20-18(22)13-15-14-23-11-9-19-15;;/h5-8,15,19H,3-4,9-14H2,1-2H3,(H,20,22);2*1H. The third kappa shape index (κ3) is 8.56. The number of nitrogens with one attached hydrogen (secondary N) is 2. The Bertz CT molecular complexity index is 510. The number of anilines is 1. The van der Waals surface area contributed by atoms with Crippen LogP contribution < -0.4 is 15.4 Å². The average molecular weight is 408 g/mol. The van der Waals surface area contributed by atoms with Gasteiger partial charge in [-0.1, -0.05) is 26.0 Å². The summed E-state index contributed by atoms with van der Waals surface area (Å²) < 4.78 is 11.2. The summed E-state index contributed by atoms with van der Waals surface area (Å²) in [6, 6.07) is 7.65. The predicted molar refractivity (Wildman–Crippen MR) is 110 cm³/mol. The molecule has 1 fully saturated rings. The number of rotatable bonds is 9. The zero-order chi connectivity index (χ0) is 17.2. The zero-order valence-corrected chi connectivity index (χ0v) is 17.2. The second-order valence-electron chi connectivity index (χ2n) is 5.85. The molecular weight excluding hydrogens is 377 g/mol. The maximum atomic E-state index is 12.2. The Morgan fingerprint density at radius 2 is 2.04 bits per heavy atom. The van der Waals surface area contributed by atoms with Crippen LogP contribution in [0.2, 0.25) is 0 Å². The highest BCUT2D eigenvalue weighted by Crippen LogP contribution is 2.24. The summed E-state index contributed by atoms with van der Waals surface area (Å²) in [4.78, 5) is 14.5. The molecule has 1 saturated heterocycles. The summed E-state index contributed by atoms with van der Waals surface area (Å²) in [5, 5.41) is 6.24. The normalized spacial score (nSPS) is 16.3. The van der Waals surface area contributed by atoms with E-state index in [-0.39, 0.29) is 36.8 Å². The van der Waals surface area contributed by atoms with Gasteiger partial charge in [-0.2, -0.15) is 0 Å². The van der Waals surface area contributed by atoms with Gasteiger partial charge in [-0.3, -0.25) is 4.79 Å². The van der Waals surface area contributed by atoms with Gasteiger partial charge in [-0.15, -0.1) is 24.8 Å². The van der Waals surface area contributed by atoms with Crippen LogP contribution in [0.25, 0.3) is 0 Å². The molecule has 0 aliphatic carbocycles.